The van der Waals surface area contributed by atoms with Gasteiger partial charge < -0.3 is 34.2 Å². The zero-order valence-corrected chi connectivity index (χ0v) is 73.0. The Hall–Kier alpha value is -4.83. The van der Waals surface area contributed by atoms with Gasteiger partial charge in [-0.3, -0.25) is 32.5 Å². The minimum Gasteiger partial charge on any atom is -0.463 e. The minimum atomic E-state index is -4.95. The Labute approximate surface area is 689 Å². The van der Waals surface area contributed by atoms with Crippen molar-refractivity contribution >= 4 is 33.6 Å². The molecule has 0 aromatic carbocycles. The van der Waals surface area contributed by atoms with Crippen molar-refractivity contribution in [2.24, 2.45) is 0 Å². The molecule has 0 rings (SSSR count). The van der Waals surface area contributed by atoms with Gasteiger partial charge in [0, 0.05) is 19.3 Å². The molecule has 0 saturated carbocycles. The van der Waals surface area contributed by atoms with E-state index in [1.165, 1.54) is 128 Å². The summed E-state index contributed by atoms with van der Waals surface area (Å²) >= 11 is 0. The van der Waals surface area contributed by atoms with Crippen LogP contribution >= 0.6 is 15.6 Å². The average molecular weight is 1620 g/mol. The third kappa shape index (κ3) is 87.8. The van der Waals surface area contributed by atoms with Crippen LogP contribution in [0.2, 0.25) is 0 Å². The Morgan fingerprint density at radius 2 is 0.469 bits per heavy atom. The highest BCUT2D eigenvalue weighted by Gasteiger charge is 2.29. The van der Waals surface area contributed by atoms with Crippen LogP contribution in [0.4, 0.5) is 0 Å². The monoisotopic (exact) mass is 1620 g/mol. The summed E-state index contributed by atoms with van der Waals surface area (Å²) in [5, 5.41) is 20.7. The predicted octanol–water partition coefficient (Wildman–Crippen LogP) is 27.3. The lowest BCUT2D eigenvalue weighted by atomic mass is 10.0. The van der Waals surface area contributed by atoms with Gasteiger partial charge in [0.05, 0.1) is 26.4 Å². The smallest absolute Gasteiger partial charge is 0.463 e. The van der Waals surface area contributed by atoms with Gasteiger partial charge in [-0.15, -0.1) is 0 Å². The van der Waals surface area contributed by atoms with Gasteiger partial charge in [0.1, 0.15) is 25.4 Å². The van der Waals surface area contributed by atoms with E-state index in [-0.39, 0.29) is 19.3 Å². The second kappa shape index (κ2) is 86.5. The van der Waals surface area contributed by atoms with Gasteiger partial charge in [-0.1, -0.05) is 359 Å². The van der Waals surface area contributed by atoms with Crippen molar-refractivity contribution in [2.75, 3.05) is 39.6 Å². The Morgan fingerprint density at radius 3 is 0.743 bits per heavy atom. The first-order chi connectivity index (χ1) is 55.2. The number of hydrogen-bond acceptors (Lipinski definition) is 14. The number of esters is 3. The van der Waals surface area contributed by atoms with Crippen molar-refractivity contribution in [1.29, 1.82) is 0 Å². The Balaban J connectivity index is 4.52. The highest BCUT2D eigenvalue weighted by atomic mass is 31.2. The molecule has 0 radical (unpaired) electrons. The number of aliphatic hydroxyl groups excluding tert-OH is 2. The molecule has 0 amide bonds. The van der Waals surface area contributed by atoms with Crippen LogP contribution in [0.5, 0.6) is 0 Å². The van der Waals surface area contributed by atoms with Crippen LogP contribution in [-0.4, -0.2) is 95.9 Å². The van der Waals surface area contributed by atoms with Crippen LogP contribution in [0.25, 0.3) is 0 Å². The zero-order valence-electron chi connectivity index (χ0n) is 71.3. The molecule has 0 aliphatic carbocycles. The summed E-state index contributed by atoms with van der Waals surface area (Å²) in [6, 6.07) is 0. The first-order valence-electron chi connectivity index (χ1n) is 44.8. The number of carbonyl (C=O) groups is 3. The van der Waals surface area contributed by atoms with E-state index < -0.39 is 91.5 Å². The van der Waals surface area contributed by atoms with Crippen LogP contribution in [0.3, 0.4) is 0 Å². The molecule has 0 aliphatic rings. The van der Waals surface area contributed by atoms with E-state index in [0.29, 0.717) is 19.3 Å². The van der Waals surface area contributed by atoms with Crippen molar-refractivity contribution < 1.29 is 75.8 Å². The summed E-state index contributed by atoms with van der Waals surface area (Å²) in [5.41, 5.74) is 0. The standard InChI is InChI=1S/C95H162O16P2/c1-4-7-10-13-16-19-22-25-28-31-33-35-37-39-41-42-43-44-45-46-48-50-51-53-55-58-60-63-66-69-72-75-78-81-93(98)105-84-90(96)85-107-112(101,102)108-86-91(97)87-109-113(103,104)110-89-92(111-95(100)83-80-77-74-71-68-65-62-57-30-27-24-21-18-15-12-9-6-3)88-106-94(99)82-79-76-73-70-67-64-61-59-56-54-52-49-47-40-38-36-34-32-29-26-23-20-17-14-11-8-5-2/h8-9,11-12,16-21,25-30,33-36,39-41,47,52,54,90-92,96-97H,4-7,10,13-15,22-24,31-32,37-38,42-46,48-51,53,55-89H2,1-3H3,(H,101,102)(H,103,104)/b11-8-,12-9-,19-16-,20-17-,21-18-,28-25-,29-26-,30-27-,35-33-,36-34-,41-39-,47-40-,54-52-. The molecule has 5 unspecified atom stereocenters. The highest BCUT2D eigenvalue weighted by molar-refractivity contribution is 7.47. The number of carbonyl (C=O) groups excluding carboxylic acids is 3. The summed E-state index contributed by atoms with van der Waals surface area (Å²) in [6.45, 7) is 2.44. The van der Waals surface area contributed by atoms with Crippen molar-refractivity contribution in [2.45, 2.75) is 386 Å². The van der Waals surface area contributed by atoms with E-state index in [9.17, 15) is 43.5 Å². The molecule has 113 heavy (non-hydrogen) atoms. The van der Waals surface area contributed by atoms with Gasteiger partial charge in [0.15, 0.2) is 6.10 Å². The van der Waals surface area contributed by atoms with Crippen molar-refractivity contribution in [3.05, 3.63) is 158 Å². The SMILES string of the molecule is CC/C=C\C/C=C\C/C=C\C/C=C\C/C=C\C/C=C\CCCCCCCCCCC(=O)OCC(COP(=O)(O)OCC(O)COP(=O)(O)OCC(O)COC(=O)CCCCCCCCCCCCCCCCCCC/C=C\C/C=C\C/C=C\C/C=C\CCCCC)OC(=O)CCCCCCCCC/C=C\C/C=C\C/C=C\CC. The molecule has 16 nitrogen and oxygen atoms in total. The molecule has 0 heterocycles. The Bertz CT molecular complexity index is 2680. The molecule has 0 aliphatic heterocycles. The van der Waals surface area contributed by atoms with Crippen LogP contribution in [0, 0.1) is 0 Å². The predicted molar refractivity (Wildman–Crippen MR) is 472 cm³/mol. The van der Waals surface area contributed by atoms with Gasteiger partial charge in [-0.25, -0.2) is 9.13 Å². The molecular weight excluding hydrogens is 1460 g/mol. The van der Waals surface area contributed by atoms with Crippen LogP contribution in [-0.2, 0) is 55.8 Å². The normalized spacial score (nSPS) is 14.6. The fraction of sp³-hybridized carbons (Fsp3) is 0.695. The summed E-state index contributed by atoms with van der Waals surface area (Å²) in [4.78, 5) is 58.9. The maximum atomic E-state index is 13.0. The summed E-state index contributed by atoms with van der Waals surface area (Å²) in [6.07, 6.45) is 110. The summed E-state index contributed by atoms with van der Waals surface area (Å²) in [7, 11) is -9.81. The molecule has 0 spiro atoms. The van der Waals surface area contributed by atoms with Gasteiger partial charge >= 0.3 is 33.6 Å². The number of phosphoric ester groups is 2. The number of hydrogen-bond donors (Lipinski definition) is 4. The summed E-state index contributed by atoms with van der Waals surface area (Å²) < 4.78 is 61.4. The summed E-state index contributed by atoms with van der Waals surface area (Å²) in [5.74, 6) is -1.59. The Kier molecular flexibility index (Phi) is 82.8. The van der Waals surface area contributed by atoms with E-state index in [1.54, 1.807) is 0 Å². The molecule has 4 N–H and O–H groups in total. The van der Waals surface area contributed by atoms with E-state index in [2.05, 4.69) is 179 Å². The van der Waals surface area contributed by atoms with Gasteiger partial charge in [-0.2, -0.15) is 0 Å². The number of phosphoric acid groups is 2. The molecule has 18 heteroatoms. The number of aliphatic hydroxyl groups is 2. The van der Waals surface area contributed by atoms with Crippen LogP contribution in [0.1, 0.15) is 367 Å². The molecule has 0 bridgehead atoms. The van der Waals surface area contributed by atoms with E-state index in [4.69, 9.17) is 32.3 Å². The topological polar surface area (TPSA) is 231 Å². The zero-order chi connectivity index (χ0) is 82.2. The first-order valence-corrected chi connectivity index (χ1v) is 47.8. The highest BCUT2D eigenvalue weighted by Crippen LogP contribution is 2.45. The third-order valence-electron chi connectivity index (χ3n) is 18.7. The molecule has 0 fully saturated rings. The second-order valence-corrected chi connectivity index (χ2v) is 32.5. The fourth-order valence-corrected chi connectivity index (χ4v) is 13.6. The maximum Gasteiger partial charge on any atom is 0.472 e. The molecule has 648 valence electrons. The molecule has 0 saturated heterocycles. The lowest BCUT2D eigenvalue weighted by molar-refractivity contribution is -0.161. The van der Waals surface area contributed by atoms with Crippen molar-refractivity contribution in [3.63, 3.8) is 0 Å². The Morgan fingerprint density at radius 1 is 0.257 bits per heavy atom. The molecule has 5 atom stereocenters. The lowest BCUT2D eigenvalue weighted by Gasteiger charge is -2.21. The van der Waals surface area contributed by atoms with Gasteiger partial charge in [0.25, 0.3) is 0 Å². The minimum absolute atomic E-state index is 0.0874. The second-order valence-electron chi connectivity index (χ2n) is 29.6. The molecule has 0 aromatic heterocycles. The molecule has 0 aromatic rings. The van der Waals surface area contributed by atoms with Crippen molar-refractivity contribution in [1.82, 2.24) is 0 Å². The van der Waals surface area contributed by atoms with Crippen LogP contribution < -0.4 is 0 Å². The molecular formula is C95H162O16P2. The van der Waals surface area contributed by atoms with E-state index >= 15 is 0 Å². The largest absolute Gasteiger partial charge is 0.472 e. The van der Waals surface area contributed by atoms with Crippen LogP contribution in [0.15, 0.2) is 158 Å². The fourth-order valence-electron chi connectivity index (χ4n) is 12.0. The third-order valence-corrected chi connectivity index (χ3v) is 20.6. The average Bonchev–Trinajstić information content (AvgIpc) is 0.897. The van der Waals surface area contributed by atoms with Gasteiger partial charge in [0.2, 0.25) is 0 Å². The number of allylic oxidation sites excluding steroid dienone is 26. The van der Waals surface area contributed by atoms with Crippen molar-refractivity contribution in [3.8, 4) is 0 Å². The maximum absolute atomic E-state index is 13.0. The quantitative estimate of drug-likeness (QED) is 0.0146. The number of ether oxygens (including phenoxy) is 3. The lowest BCUT2D eigenvalue weighted by Crippen LogP contribution is -2.30. The number of rotatable bonds is 84. The van der Waals surface area contributed by atoms with E-state index in [0.717, 1.165) is 180 Å². The first kappa shape index (κ1) is 108. The van der Waals surface area contributed by atoms with Gasteiger partial charge in [-0.05, 0) is 148 Å². The number of unbranched alkanes of at least 4 members (excludes halogenated alkanes) is 35. The van der Waals surface area contributed by atoms with E-state index in [1.807, 2.05) is 0 Å².